The summed E-state index contributed by atoms with van der Waals surface area (Å²) >= 11 is 0. The van der Waals surface area contributed by atoms with E-state index in [2.05, 4.69) is 15.6 Å². The lowest BCUT2D eigenvalue weighted by Crippen LogP contribution is -2.26. The minimum absolute atomic E-state index is 0.0772. The quantitative estimate of drug-likeness (QED) is 0.791. The van der Waals surface area contributed by atoms with E-state index in [9.17, 15) is 4.79 Å². The number of carbonyl (C=O) groups excluding carboxylic acids is 1. The van der Waals surface area contributed by atoms with Gasteiger partial charge in [-0.25, -0.2) is 4.98 Å². The molecule has 1 aromatic heterocycles. The third kappa shape index (κ3) is 2.95. The van der Waals surface area contributed by atoms with E-state index in [0.29, 0.717) is 11.6 Å². The van der Waals surface area contributed by atoms with Crippen molar-refractivity contribution < 1.29 is 4.79 Å². The van der Waals surface area contributed by atoms with Gasteiger partial charge in [0.25, 0.3) is 5.91 Å². The van der Waals surface area contributed by atoms with Crippen molar-refractivity contribution in [1.29, 1.82) is 0 Å². The summed E-state index contributed by atoms with van der Waals surface area (Å²) in [4.78, 5) is 16.0. The van der Waals surface area contributed by atoms with Gasteiger partial charge >= 0.3 is 0 Å². The highest BCUT2D eigenvalue weighted by atomic mass is 16.1. The van der Waals surface area contributed by atoms with Crippen molar-refractivity contribution in [3.8, 4) is 0 Å². The molecule has 1 aliphatic rings. The van der Waals surface area contributed by atoms with Crippen LogP contribution in [0.4, 0.5) is 5.82 Å². The van der Waals surface area contributed by atoms with Gasteiger partial charge in [0.1, 0.15) is 11.5 Å². The third-order valence-corrected chi connectivity index (χ3v) is 2.59. The molecule has 4 heteroatoms. The monoisotopic (exact) mass is 219 g/mol. The summed E-state index contributed by atoms with van der Waals surface area (Å²) in [6.45, 7) is 3.59. The van der Waals surface area contributed by atoms with E-state index in [1.807, 2.05) is 19.1 Å². The molecule has 0 radical (unpaired) electrons. The Hall–Kier alpha value is -1.58. The average Bonchev–Trinajstić information content (AvgIpc) is 3.10. The molecule has 1 amide bonds. The van der Waals surface area contributed by atoms with E-state index in [1.165, 1.54) is 12.8 Å². The second kappa shape index (κ2) is 4.96. The number of amides is 1. The zero-order valence-electron chi connectivity index (χ0n) is 9.49. The van der Waals surface area contributed by atoms with Crippen molar-refractivity contribution in [2.75, 3.05) is 18.4 Å². The zero-order valence-corrected chi connectivity index (χ0v) is 9.49. The third-order valence-electron chi connectivity index (χ3n) is 2.59. The van der Waals surface area contributed by atoms with Gasteiger partial charge in [0.2, 0.25) is 0 Å². The number of hydrogen-bond donors (Lipinski definition) is 2. The lowest BCUT2D eigenvalue weighted by Gasteiger charge is -2.06. The van der Waals surface area contributed by atoms with Crippen LogP contribution < -0.4 is 10.6 Å². The molecule has 0 saturated heterocycles. The minimum Gasteiger partial charge on any atom is -0.370 e. The van der Waals surface area contributed by atoms with Gasteiger partial charge in [-0.05, 0) is 37.8 Å². The summed E-state index contributed by atoms with van der Waals surface area (Å²) in [5.41, 5.74) is 0.485. The Balaban J connectivity index is 1.94. The van der Waals surface area contributed by atoms with E-state index >= 15 is 0 Å². The van der Waals surface area contributed by atoms with E-state index in [1.54, 1.807) is 6.07 Å². The van der Waals surface area contributed by atoms with Crippen molar-refractivity contribution in [3.63, 3.8) is 0 Å². The van der Waals surface area contributed by atoms with Gasteiger partial charge < -0.3 is 10.6 Å². The summed E-state index contributed by atoms with van der Waals surface area (Å²) in [6, 6.07) is 5.45. The Labute approximate surface area is 95.5 Å². The molecule has 16 heavy (non-hydrogen) atoms. The summed E-state index contributed by atoms with van der Waals surface area (Å²) in [6.07, 6.45) is 2.48. The number of carbonyl (C=O) groups is 1. The largest absolute Gasteiger partial charge is 0.370 e. The average molecular weight is 219 g/mol. The fraction of sp³-hybridized carbons (Fsp3) is 0.500. The molecule has 0 unspecified atom stereocenters. The Morgan fingerprint density at radius 1 is 1.50 bits per heavy atom. The SMILES string of the molecule is CCNc1cccc(C(=O)NCC2CC2)n1. The van der Waals surface area contributed by atoms with Crippen LogP contribution in [0.5, 0.6) is 0 Å². The molecule has 1 heterocycles. The van der Waals surface area contributed by atoms with Gasteiger partial charge in [-0.3, -0.25) is 4.79 Å². The number of aromatic nitrogens is 1. The lowest BCUT2D eigenvalue weighted by molar-refractivity contribution is 0.0947. The van der Waals surface area contributed by atoms with Crippen LogP contribution in [-0.2, 0) is 0 Å². The van der Waals surface area contributed by atoms with Gasteiger partial charge in [-0.2, -0.15) is 0 Å². The van der Waals surface area contributed by atoms with Gasteiger partial charge in [-0.15, -0.1) is 0 Å². The fourth-order valence-corrected chi connectivity index (χ4v) is 1.49. The Kier molecular flexibility index (Phi) is 3.39. The number of hydrogen-bond acceptors (Lipinski definition) is 3. The number of nitrogens with one attached hydrogen (secondary N) is 2. The fourth-order valence-electron chi connectivity index (χ4n) is 1.49. The number of rotatable bonds is 5. The molecule has 1 saturated carbocycles. The maximum atomic E-state index is 11.7. The van der Waals surface area contributed by atoms with E-state index in [4.69, 9.17) is 0 Å². The molecule has 1 aliphatic carbocycles. The van der Waals surface area contributed by atoms with Crippen LogP contribution in [0.15, 0.2) is 18.2 Å². The van der Waals surface area contributed by atoms with Gasteiger partial charge in [-0.1, -0.05) is 6.07 Å². The summed E-state index contributed by atoms with van der Waals surface area (Å²) in [5.74, 6) is 1.37. The molecule has 0 aliphatic heterocycles. The molecule has 0 atom stereocenters. The normalized spacial score (nSPS) is 14.6. The summed E-state index contributed by atoms with van der Waals surface area (Å²) in [5, 5.41) is 5.99. The van der Waals surface area contributed by atoms with Crippen LogP contribution in [0, 0.1) is 5.92 Å². The van der Waals surface area contributed by atoms with Crippen molar-refractivity contribution >= 4 is 11.7 Å². The number of pyridine rings is 1. The zero-order chi connectivity index (χ0) is 11.4. The van der Waals surface area contributed by atoms with Gasteiger partial charge in [0.05, 0.1) is 0 Å². The first kappa shape index (κ1) is 10.9. The van der Waals surface area contributed by atoms with Crippen molar-refractivity contribution in [3.05, 3.63) is 23.9 Å². The summed E-state index contributed by atoms with van der Waals surface area (Å²) < 4.78 is 0. The molecule has 1 aromatic rings. The maximum absolute atomic E-state index is 11.7. The van der Waals surface area contributed by atoms with E-state index in [0.717, 1.165) is 18.9 Å². The predicted octanol–water partition coefficient (Wildman–Crippen LogP) is 1.65. The number of nitrogens with zero attached hydrogens (tertiary/aromatic N) is 1. The van der Waals surface area contributed by atoms with Crippen LogP contribution in [0.1, 0.15) is 30.3 Å². The lowest BCUT2D eigenvalue weighted by atomic mass is 10.3. The van der Waals surface area contributed by atoms with Crippen molar-refractivity contribution in [2.24, 2.45) is 5.92 Å². The Bertz CT molecular complexity index is 374. The van der Waals surface area contributed by atoms with Crippen LogP contribution in [0.25, 0.3) is 0 Å². The van der Waals surface area contributed by atoms with E-state index < -0.39 is 0 Å². The van der Waals surface area contributed by atoms with Gasteiger partial charge in [0.15, 0.2) is 0 Å². The first-order valence-electron chi connectivity index (χ1n) is 5.78. The van der Waals surface area contributed by atoms with Crippen LogP contribution >= 0.6 is 0 Å². The molecule has 2 N–H and O–H groups in total. The van der Waals surface area contributed by atoms with Crippen LogP contribution in [0.3, 0.4) is 0 Å². The molecule has 0 bridgehead atoms. The highest BCUT2D eigenvalue weighted by Crippen LogP contribution is 2.27. The molecule has 1 fully saturated rings. The molecule has 4 nitrogen and oxygen atoms in total. The van der Waals surface area contributed by atoms with Crippen LogP contribution in [0.2, 0.25) is 0 Å². The molecule has 0 spiro atoms. The minimum atomic E-state index is -0.0772. The predicted molar refractivity (Wildman–Crippen MR) is 63.5 cm³/mol. The highest BCUT2D eigenvalue weighted by Gasteiger charge is 2.22. The second-order valence-electron chi connectivity index (χ2n) is 4.09. The van der Waals surface area contributed by atoms with Crippen LogP contribution in [-0.4, -0.2) is 24.0 Å². The standard InChI is InChI=1S/C12H17N3O/c1-2-13-11-5-3-4-10(15-11)12(16)14-8-9-6-7-9/h3-5,9H,2,6-8H2,1H3,(H,13,15)(H,14,16). The molecular weight excluding hydrogens is 202 g/mol. The van der Waals surface area contributed by atoms with Gasteiger partial charge in [0, 0.05) is 13.1 Å². The van der Waals surface area contributed by atoms with Crippen molar-refractivity contribution in [2.45, 2.75) is 19.8 Å². The summed E-state index contributed by atoms with van der Waals surface area (Å²) in [7, 11) is 0. The highest BCUT2D eigenvalue weighted by molar-refractivity contribution is 5.92. The maximum Gasteiger partial charge on any atom is 0.269 e. The molecule has 2 rings (SSSR count). The Morgan fingerprint density at radius 3 is 3.00 bits per heavy atom. The number of anilines is 1. The molecule has 0 aromatic carbocycles. The van der Waals surface area contributed by atoms with E-state index in [-0.39, 0.29) is 5.91 Å². The first-order valence-corrected chi connectivity index (χ1v) is 5.78. The Morgan fingerprint density at radius 2 is 2.31 bits per heavy atom. The topological polar surface area (TPSA) is 54.0 Å². The molecular formula is C12H17N3O. The van der Waals surface area contributed by atoms with Crippen molar-refractivity contribution in [1.82, 2.24) is 10.3 Å². The second-order valence-corrected chi connectivity index (χ2v) is 4.09. The molecule has 86 valence electrons. The smallest absolute Gasteiger partial charge is 0.269 e. The first-order chi connectivity index (χ1) is 7.79.